The molecule has 0 aromatic rings. The van der Waals surface area contributed by atoms with Crippen LogP contribution in [0.5, 0.6) is 0 Å². The average molecular weight is 184 g/mol. The van der Waals surface area contributed by atoms with Gasteiger partial charge < -0.3 is 4.90 Å². The molecule has 0 amide bonds. The summed E-state index contributed by atoms with van der Waals surface area (Å²) in [6.07, 6.45) is 4.40. The molecule has 2 heteroatoms. The molecule has 1 unspecified atom stereocenters. The summed E-state index contributed by atoms with van der Waals surface area (Å²) in [6, 6.07) is 0.527. The van der Waals surface area contributed by atoms with E-state index >= 15 is 0 Å². The van der Waals surface area contributed by atoms with Gasteiger partial charge in [-0.25, -0.2) is 0 Å². The quantitative estimate of drug-likeness (QED) is 0.498. The van der Waals surface area contributed by atoms with E-state index in [1.54, 1.807) is 0 Å². The fraction of sp³-hybridized carbons (Fsp3) is 0.909. The summed E-state index contributed by atoms with van der Waals surface area (Å²) in [5.74, 6) is 0.794. The Morgan fingerprint density at radius 2 is 1.92 bits per heavy atom. The highest BCUT2D eigenvalue weighted by Gasteiger charge is 2.12. The zero-order valence-electron chi connectivity index (χ0n) is 9.56. The Balaban J connectivity index is 4.09. The number of nitrogens with one attached hydrogen (secondary N) is 1. The molecular formula is C11H24N2. The van der Waals surface area contributed by atoms with Crippen LogP contribution in [0.3, 0.4) is 0 Å². The molecule has 0 heterocycles. The van der Waals surface area contributed by atoms with Gasteiger partial charge in [-0.1, -0.05) is 27.2 Å². The highest BCUT2D eigenvalue weighted by Crippen LogP contribution is 2.07. The second-order valence-electron chi connectivity index (χ2n) is 3.60. The SMILES string of the molecule is CCCCN(C(=N)CC)C(C)CC. The number of nitrogens with zero attached hydrogens (tertiary/aromatic N) is 1. The average Bonchev–Trinajstić information content (AvgIpc) is 2.17. The molecular weight excluding hydrogens is 160 g/mol. The van der Waals surface area contributed by atoms with E-state index in [-0.39, 0.29) is 0 Å². The van der Waals surface area contributed by atoms with Crippen LogP contribution in [0, 0.1) is 5.41 Å². The van der Waals surface area contributed by atoms with Gasteiger partial charge in [0.1, 0.15) is 0 Å². The highest BCUT2D eigenvalue weighted by atomic mass is 15.2. The summed E-state index contributed by atoms with van der Waals surface area (Å²) in [7, 11) is 0. The summed E-state index contributed by atoms with van der Waals surface area (Å²) in [6.45, 7) is 9.71. The maximum Gasteiger partial charge on any atom is 0.0957 e. The predicted molar refractivity (Wildman–Crippen MR) is 59.4 cm³/mol. The first-order valence-electron chi connectivity index (χ1n) is 5.51. The minimum atomic E-state index is 0.527. The van der Waals surface area contributed by atoms with Crippen molar-refractivity contribution in [1.82, 2.24) is 4.90 Å². The molecule has 0 aliphatic rings. The van der Waals surface area contributed by atoms with Crippen molar-refractivity contribution in [2.75, 3.05) is 6.54 Å². The lowest BCUT2D eigenvalue weighted by atomic mass is 10.2. The minimum Gasteiger partial charge on any atom is -0.358 e. The Labute approximate surface area is 82.8 Å². The van der Waals surface area contributed by atoms with Gasteiger partial charge in [0, 0.05) is 19.0 Å². The third kappa shape index (κ3) is 4.30. The molecule has 0 bridgehead atoms. The summed E-state index contributed by atoms with van der Waals surface area (Å²) in [5, 5.41) is 7.83. The maximum atomic E-state index is 7.83. The lowest BCUT2D eigenvalue weighted by Gasteiger charge is -2.30. The van der Waals surface area contributed by atoms with Crippen molar-refractivity contribution >= 4 is 5.84 Å². The molecule has 0 aliphatic heterocycles. The van der Waals surface area contributed by atoms with Gasteiger partial charge in [0.15, 0.2) is 0 Å². The molecule has 78 valence electrons. The number of amidine groups is 1. The van der Waals surface area contributed by atoms with Crippen molar-refractivity contribution in [2.24, 2.45) is 0 Å². The number of unbranched alkanes of at least 4 members (excludes halogenated alkanes) is 1. The molecule has 0 saturated heterocycles. The van der Waals surface area contributed by atoms with Crippen LogP contribution >= 0.6 is 0 Å². The van der Waals surface area contributed by atoms with E-state index in [1.165, 1.54) is 12.8 Å². The molecule has 1 N–H and O–H groups in total. The van der Waals surface area contributed by atoms with Crippen molar-refractivity contribution < 1.29 is 0 Å². The number of hydrogen-bond acceptors (Lipinski definition) is 1. The zero-order valence-corrected chi connectivity index (χ0v) is 9.56. The van der Waals surface area contributed by atoms with Gasteiger partial charge >= 0.3 is 0 Å². The normalized spacial score (nSPS) is 12.6. The lowest BCUT2D eigenvalue weighted by Crippen LogP contribution is -2.38. The molecule has 1 atom stereocenters. The molecule has 2 nitrogen and oxygen atoms in total. The van der Waals surface area contributed by atoms with E-state index in [1.807, 2.05) is 0 Å². The van der Waals surface area contributed by atoms with E-state index in [2.05, 4.69) is 32.6 Å². The summed E-state index contributed by atoms with van der Waals surface area (Å²) >= 11 is 0. The van der Waals surface area contributed by atoms with Crippen LogP contribution in [-0.2, 0) is 0 Å². The largest absolute Gasteiger partial charge is 0.358 e. The van der Waals surface area contributed by atoms with Crippen molar-refractivity contribution in [3.05, 3.63) is 0 Å². The first-order valence-corrected chi connectivity index (χ1v) is 5.51. The first kappa shape index (κ1) is 12.5. The van der Waals surface area contributed by atoms with E-state index < -0.39 is 0 Å². The van der Waals surface area contributed by atoms with Crippen molar-refractivity contribution in [3.8, 4) is 0 Å². The summed E-state index contributed by atoms with van der Waals surface area (Å²) in [5.41, 5.74) is 0. The minimum absolute atomic E-state index is 0.527. The molecule has 13 heavy (non-hydrogen) atoms. The third-order valence-electron chi connectivity index (χ3n) is 2.56. The predicted octanol–water partition coefficient (Wildman–Crippen LogP) is 3.27. The van der Waals surface area contributed by atoms with Crippen LogP contribution in [-0.4, -0.2) is 23.3 Å². The Morgan fingerprint density at radius 3 is 2.31 bits per heavy atom. The molecule has 0 radical (unpaired) electrons. The van der Waals surface area contributed by atoms with Crippen LogP contribution in [0.2, 0.25) is 0 Å². The van der Waals surface area contributed by atoms with Gasteiger partial charge in [-0.3, -0.25) is 5.41 Å². The van der Waals surface area contributed by atoms with Crippen LogP contribution < -0.4 is 0 Å². The molecule has 0 spiro atoms. The standard InChI is InChI=1S/C11H24N2/c1-5-8-9-13(10(4)6-2)11(12)7-3/h10,12H,5-9H2,1-4H3. The van der Waals surface area contributed by atoms with Crippen LogP contribution in [0.1, 0.15) is 53.4 Å². The number of hydrogen-bond donors (Lipinski definition) is 1. The van der Waals surface area contributed by atoms with Crippen molar-refractivity contribution in [1.29, 1.82) is 5.41 Å². The van der Waals surface area contributed by atoms with Crippen LogP contribution in [0.15, 0.2) is 0 Å². The van der Waals surface area contributed by atoms with Gasteiger partial charge in [-0.2, -0.15) is 0 Å². The van der Waals surface area contributed by atoms with Gasteiger partial charge in [0.25, 0.3) is 0 Å². The van der Waals surface area contributed by atoms with E-state index in [0.29, 0.717) is 6.04 Å². The molecule has 0 saturated carbocycles. The van der Waals surface area contributed by atoms with Crippen molar-refractivity contribution in [3.63, 3.8) is 0 Å². The fourth-order valence-electron chi connectivity index (χ4n) is 1.37. The maximum absolute atomic E-state index is 7.83. The second kappa shape index (κ2) is 6.93. The highest BCUT2D eigenvalue weighted by molar-refractivity contribution is 5.79. The first-order chi connectivity index (χ1) is 6.17. The summed E-state index contributed by atoms with van der Waals surface area (Å²) < 4.78 is 0. The van der Waals surface area contributed by atoms with E-state index in [0.717, 1.165) is 25.2 Å². The van der Waals surface area contributed by atoms with Crippen LogP contribution in [0.4, 0.5) is 0 Å². The Kier molecular flexibility index (Phi) is 6.65. The molecule has 0 aromatic carbocycles. The van der Waals surface area contributed by atoms with Crippen LogP contribution in [0.25, 0.3) is 0 Å². The van der Waals surface area contributed by atoms with Gasteiger partial charge in [0.05, 0.1) is 5.84 Å². The third-order valence-corrected chi connectivity index (χ3v) is 2.56. The van der Waals surface area contributed by atoms with Gasteiger partial charge in [-0.05, 0) is 19.8 Å². The smallest absolute Gasteiger partial charge is 0.0957 e. The Morgan fingerprint density at radius 1 is 1.31 bits per heavy atom. The molecule has 0 aliphatic carbocycles. The fourth-order valence-corrected chi connectivity index (χ4v) is 1.37. The Bertz CT molecular complexity index is 143. The van der Waals surface area contributed by atoms with E-state index in [9.17, 15) is 0 Å². The monoisotopic (exact) mass is 184 g/mol. The zero-order chi connectivity index (χ0) is 10.3. The molecule has 0 fully saturated rings. The summed E-state index contributed by atoms with van der Waals surface area (Å²) in [4.78, 5) is 2.24. The van der Waals surface area contributed by atoms with E-state index in [4.69, 9.17) is 5.41 Å². The Hall–Kier alpha value is -0.530. The topological polar surface area (TPSA) is 27.1 Å². The van der Waals surface area contributed by atoms with Crippen molar-refractivity contribution in [2.45, 2.75) is 59.4 Å². The molecule has 0 rings (SSSR count). The molecule has 0 aromatic heterocycles. The number of rotatable bonds is 6. The lowest BCUT2D eigenvalue weighted by molar-refractivity contribution is 0.310. The second-order valence-corrected chi connectivity index (χ2v) is 3.60. The van der Waals surface area contributed by atoms with Gasteiger partial charge in [0.2, 0.25) is 0 Å². The van der Waals surface area contributed by atoms with Gasteiger partial charge in [-0.15, -0.1) is 0 Å².